The highest BCUT2D eigenvalue weighted by Gasteiger charge is 2.28. The van der Waals surface area contributed by atoms with E-state index >= 15 is 0 Å². The lowest BCUT2D eigenvalue weighted by Gasteiger charge is -2.31. The fourth-order valence-corrected chi connectivity index (χ4v) is 4.03. The van der Waals surface area contributed by atoms with Gasteiger partial charge in [-0.05, 0) is 24.2 Å². The van der Waals surface area contributed by atoms with E-state index in [1.807, 2.05) is 0 Å². The van der Waals surface area contributed by atoms with Crippen molar-refractivity contribution in [3.05, 3.63) is 0 Å². The van der Waals surface area contributed by atoms with Crippen molar-refractivity contribution in [1.82, 2.24) is 0 Å². The van der Waals surface area contributed by atoms with Crippen LogP contribution in [0.5, 0.6) is 0 Å². The van der Waals surface area contributed by atoms with Crippen LogP contribution in [0.3, 0.4) is 0 Å². The quantitative estimate of drug-likeness (QED) is 0.659. The van der Waals surface area contributed by atoms with Crippen LogP contribution in [0.4, 0.5) is 0 Å². The largest absolute Gasteiger partial charge is 0.481 e. The van der Waals surface area contributed by atoms with Gasteiger partial charge >= 0.3 is 5.97 Å². The van der Waals surface area contributed by atoms with Crippen molar-refractivity contribution in [2.45, 2.75) is 104 Å². The van der Waals surface area contributed by atoms with Crippen molar-refractivity contribution in [2.75, 3.05) is 0 Å². The summed E-state index contributed by atoms with van der Waals surface area (Å²) in [5.41, 5.74) is 0.00539. The summed E-state index contributed by atoms with van der Waals surface area (Å²) in [6.45, 7) is 4.52. The van der Waals surface area contributed by atoms with Crippen LogP contribution >= 0.6 is 0 Å². The van der Waals surface area contributed by atoms with Gasteiger partial charge in [0.25, 0.3) is 0 Å². The van der Waals surface area contributed by atoms with Crippen molar-refractivity contribution in [2.24, 2.45) is 11.3 Å². The van der Waals surface area contributed by atoms with Crippen molar-refractivity contribution in [1.29, 1.82) is 0 Å². The lowest BCUT2D eigenvalue weighted by Crippen LogP contribution is -2.23. The summed E-state index contributed by atoms with van der Waals surface area (Å²) in [5, 5.41) is 9.23. The number of carbonyl (C=O) groups is 1. The van der Waals surface area contributed by atoms with Gasteiger partial charge in [-0.25, -0.2) is 0 Å². The maximum atomic E-state index is 11.2. The van der Waals surface area contributed by atoms with Crippen molar-refractivity contribution in [3.63, 3.8) is 0 Å². The summed E-state index contributed by atoms with van der Waals surface area (Å²) >= 11 is 0. The molecular formula is C19H36O2. The Balaban J connectivity index is 2.53. The van der Waals surface area contributed by atoms with E-state index in [9.17, 15) is 9.90 Å². The number of carboxylic acids is 1. The lowest BCUT2D eigenvalue weighted by molar-refractivity contribution is -0.139. The van der Waals surface area contributed by atoms with Gasteiger partial charge in [0, 0.05) is 0 Å². The molecule has 21 heavy (non-hydrogen) atoms. The zero-order valence-corrected chi connectivity index (χ0v) is 14.3. The van der Waals surface area contributed by atoms with E-state index in [1.54, 1.807) is 0 Å². The van der Waals surface area contributed by atoms with Crippen LogP contribution in [0.1, 0.15) is 104 Å². The average molecular weight is 296 g/mol. The van der Waals surface area contributed by atoms with Crippen LogP contribution in [0, 0.1) is 11.3 Å². The highest BCUT2D eigenvalue weighted by molar-refractivity contribution is 5.67. The first-order valence-corrected chi connectivity index (χ1v) is 9.24. The summed E-state index contributed by atoms with van der Waals surface area (Å²) in [7, 11) is 0. The Hall–Kier alpha value is -0.530. The van der Waals surface area contributed by atoms with E-state index < -0.39 is 5.97 Å². The van der Waals surface area contributed by atoms with Gasteiger partial charge in [-0.2, -0.15) is 0 Å². The minimum Gasteiger partial charge on any atom is -0.481 e. The van der Waals surface area contributed by atoms with Crippen molar-refractivity contribution < 1.29 is 9.90 Å². The Labute approximate surface area is 131 Å². The molecule has 1 aliphatic carbocycles. The molecule has 0 saturated heterocycles. The monoisotopic (exact) mass is 296 g/mol. The molecule has 0 amide bonds. The molecule has 2 unspecified atom stereocenters. The predicted molar refractivity (Wildman–Crippen MR) is 89.5 cm³/mol. The SMILES string of the molecule is CC1CCCCCCCCCCCCC(C)(CC(=O)O)C1. The first-order valence-electron chi connectivity index (χ1n) is 9.24. The highest BCUT2D eigenvalue weighted by atomic mass is 16.4. The molecule has 0 radical (unpaired) electrons. The molecule has 1 N–H and O–H groups in total. The Morgan fingerprint density at radius 1 is 0.952 bits per heavy atom. The molecule has 0 bridgehead atoms. The van der Waals surface area contributed by atoms with E-state index in [2.05, 4.69) is 13.8 Å². The fraction of sp³-hybridized carbons (Fsp3) is 0.947. The molecule has 1 rings (SSSR count). The molecule has 2 nitrogen and oxygen atoms in total. The number of aliphatic carboxylic acids is 1. The normalized spacial score (nSPS) is 31.0. The van der Waals surface area contributed by atoms with E-state index in [1.165, 1.54) is 70.6 Å². The average Bonchev–Trinajstić information content (AvgIpc) is 2.38. The van der Waals surface area contributed by atoms with Crippen LogP contribution in [0.25, 0.3) is 0 Å². The van der Waals surface area contributed by atoms with Gasteiger partial charge in [0.2, 0.25) is 0 Å². The van der Waals surface area contributed by atoms with E-state index in [0.717, 1.165) is 12.8 Å². The van der Waals surface area contributed by atoms with Gasteiger partial charge in [0.15, 0.2) is 0 Å². The van der Waals surface area contributed by atoms with E-state index in [0.29, 0.717) is 12.3 Å². The Morgan fingerprint density at radius 2 is 1.43 bits per heavy atom. The second-order valence-corrected chi connectivity index (χ2v) is 7.76. The molecule has 2 heteroatoms. The summed E-state index contributed by atoms with van der Waals surface area (Å²) < 4.78 is 0. The molecule has 2 atom stereocenters. The third kappa shape index (κ3) is 9.16. The molecule has 0 aromatic carbocycles. The van der Waals surface area contributed by atoms with E-state index in [-0.39, 0.29) is 5.41 Å². The zero-order valence-electron chi connectivity index (χ0n) is 14.3. The molecule has 1 saturated carbocycles. The maximum Gasteiger partial charge on any atom is 0.303 e. The van der Waals surface area contributed by atoms with Crippen molar-refractivity contribution >= 4 is 5.97 Å². The Morgan fingerprint density at radius 3 is 1.95 bits per heavy atom. The molecule has 1 aliphatic rings. The molecule has 0 heterocycles. The third-order valence-corrected chi connectivity index (χ3v) is 5.15. The summed E-state index contributed by atoms with van der Waals surface area (Å²) in [4.78, 5) is 11.2. The smallest absolute Gasteiger partial charge is 0.303 e. The zero-order chi connectivity index (χ0) is 15.6. The summed E-state index contributed by atoms with van der Waals surface area (Å²) in [5.74, 6) is 0.0436. The van der Waals surface area contributed by atoms with Crippen LogP contribution < -0.4 is 0 Å². The van der Waals surface area contributed by atoms with Crippen LogP contribution in [0.2, 0.25) is 0 Å². The van der Waals surface area contributed by atoms with E-state index in [4.69, 9.17) is 0 Å². The Kier molecular flexibility index (Phi) is 9.03. The maximum absolute atomic E-state index is 11.2. The second-order valence-electron chi connectivity index (χ2n) is 7.76. The van der Waals surface area contributed by atoms with Gasteiger partial charge in [0.05, 0.1) is 6.42 Å². The minimum atomic E-state index is -0.623. The lowest BCUT2D eigenvalue weighted by atomic mass is 9.74. The molecule has 1 fully saturated rings. The third-order valence-electron chi connectivity index (χ3n) is 5.15. The van der Waals surface area contributed by atoms with Crippen molar-refractivity contribution in [3.8, 4) is 0 Å². The number of carboxylic acid groups (broad SMARTS) is 1. The minimum absolute atomic E-state index is 0.00539. The number of hydrogen-bond donors (Lipinski definition) is 1. The summed E-state index contributed by atoms with van der Waals surface area (Å²) in [6.07, 6.45) is 17.3. The van der Waals surface area contributed by atoms with Gasteiger partial charge in [-0.15, -0.1) is 0 Å². The summed E-state index contributed by atoms with van der Waals surface area (Å²) in [6, 6.07) is 0. The van der Waals surface area contributed by atoms with Crippen LogP contribution in [-0.2, 0) is 4.79 Å². The van der Waals surface area contributed by atoms with Crippen LogP contribution in [-0.4, -0.2) is 11.1 Å². The first kappa shape index (κ1) is 18.5. The highest BCUT2D eigenvalue weighted by Crippen LogP contribution is 2.37. The molecular weight excluding hydrogens is 260 g/mol. The molecule has 0 aromatic rings. The second kappa shape index (κ2) is 10.2. The number of rotatable bonds is 2. The predicted octanol–water partition coefficient (Wildman–Crippen LogP) is 6.19. The standard InChI is InChI=1S/C19H36O2/c1-17-13-11-9-7-5-3-4-6-8-10-12-14-19(2,15-17)16-18(20)21/h17H,3-16H2,1-2H3,(H,20,21). The Bertz CT molecular complexity index is 287. The molecule has 0 aliphatic heterocycles. The topological polar surface area (TPSA) is 37.3 Å². The van der Waals surface area contributed by atoms with Gasteiger partial charge in [-0.1, -0.05) is 84.5 Å². The fourth-order valence-electron chi connectivity index (χ4n) is 4.03. The van der Waals surface area contributed by atoms with Gasteiger partial charge in [-0.3, -0.25) is 4.79 Å². The molecule has 0 aromatic heterocycles. The first-order chi connectivity index (χ1) is 10.0. The molecule has 124 valence electrons. The molecule has 0 spiro atoms. The van der Waals surface area contributed by atoms with Gasteiger partial charge in [0.1, 0.15) is 0 Å². The van der Waals surface area contributed by atoms with Gasteiger partial charge < -0.3 is 5.11 Å². The number of hydrogen-bond acceptors (Lipinski definition) is 1. The van der Waals surface area contributed by atoms with Crippen LogP contribution in [0.15, 0.2) is 0 Å².